The third kappa shape index (κ3) is 6.86. The summed E-state index contributed by atoms with van der Waals surface area (Å²) in [4.78, 5) is 74.2. The summed E-state index contributed by atoms with van der Waals surface area (Å²) in [6, 6.07) is 6.49. The fourth-order valence-corrected chi connectivity index (χ4v) is 4.14. The number of methoxy groups -OCH3 is 1. The monoisotopic (exact) mass is 547 g/mol. The van der Waals surface area contributed by atoms with Crippen LogP contribution in [0.1, 0.15) is 48.4 Å². The number of benzene rings is 1. The molecule has 0 aromatic heterocycles. The minimum atomic E-state index is -1.58. The van der Waals surface area contributed by atoms with Crippen molar-refractivity contribution >= 4 is 35.7 Å². The second-order valence-electron chi connectivity index (χ2n) is 8.80. The van der Waals surface area contributed by atoms with Crippen LogP contribution in [0.5, 0.6) is 0 Å². The van der Waals surface area contributed by atoms with Crippen LogP contribution in [0.2, 0.25) is 0 Å². The Balaban J connectivity index is 1.80. The number of carbonyl (C=O) groups is 6. The van der Waals surface area contributed by atoms with Crippen LogP contribution >= 0.6 is 0 Å². The maximum absolute atomic E-state index is 12.6. The van der Waals surface area contributed by atoms with Crippen molar-refractivity contribution in [1.82, 2.24) is 4.90 Å². The summed E-state index contributed by atoms with van der Waals surface area (Å²) in [5, 5.41) is 0. The molecule has 13 heteroatoms. The van der Waals surface area contributed by atoms with Gasteiger partial charge in [0.05, 0.1) is 24.8 Å². The van der Waals surface area contributed by atoms with E-state index in [0.29, 0.717) is 16.7 Å². The Hall–Kier alpha value is -4.10. The minimum Gasteiger partial charge on any atom is -0.467 e. The Morgan fingerprint density at radius 3 is 1.87 bits per heavy atom. The second-order valence-corrected chi connectivity index (χ2v) is 8.80. The SMILES string of the molecule is COC(=O)[C@H]1O[C@@H](OCC(C)=CCN2C(=O)c3ccccc3C2=O)[C@H](OC(C)=O)[C@@H](OC(C)=O)[C@@H]1OC(C)=O. The molecule has 0 bridgehead atoms. The molecule has 2 aliphatic rings. The molecule has 5 atom stereocenters. The molecule has 2 heterocycles. The van der Waals surface area contributed by atoms with Crippen molar-refractivity contribution < 1.29 is 57.2 Å². The molecule has 1 fully saturated rings. The highest BCUT2D eigenvalue weighted by molar-refractivity contribution is 6.21. The van der Waals surface area contributed by atoms with E-state index in [0.717, 1.165) is 32.8 Å². The first-order valence-corrected chi connectivity index (χ1v) is 11.9. The van der Waals surface area contributed by atoms with Crippen LogP contribution in [0.15, 0.2) is 35.9 Å². The van der Waals surface area contributed by atoms with Crippen LogP contribution in [0, 0.1) is 0 Å². The summed E-state index contributed by atoms with van der Waals surface area (Å²) in [5.41, 5.74) is 1.19. The fourth-order valence-electron chi connectivity index (χ4n) is 4.14. The van der Waals surface area contributed by atoms with Gasteiger partial charge in [-0.1, -0.05) is 18.2 Å². The Labute approximate surface area is 223 Å². The highest BCUT2D eigenvalue weighted by atomic mass is 16.7. The van der Waals surface area contributed by atoms with Gasteiger partial charge >= 0.3 is 23.9 Å². The lowest BCUT2D eigenvalue weighted by atomic mass is 9.97. The molecule has 0 spiro atoms. The highest BCUT2D eigenvalue weighted by Crippen LogP contribution is 2.30. The van der Waals surface area contributed by atoms with Gasteiger partial charge in [-0.25, -0.2) is 4.79 Å². The van der Waals surface area contributed by atoms with Crippen molar-refractivity contribution in [3.8, 4) is 0 Å². The molecule has 1 aromatic carbocycles. The Bertz CT molecular complexity index is 1160. The number of hydrogen-bond acceptors (Lipinski definition) is 12. The minimum absolute atomic E-state index is 0.0319. The lowest BCUT2D eigenvalue weighted by Crippen LogP contribution is -2.63. The molecule has 1 aromatic rings. The van der Waals surface area contributed by atoms with Gasteiger partial charge in [0.1, 0.15) is 0 Å². The Kier molecular flexibility index (Phi) is 9.54. The normalized spacial score (nSPS) is 24.6. The predicted molar refractivity (Wildman–Crippen MR) is 129 cm³/mol. The van der Waals surface area contributed by atoms with Crippen LogP contribution < -0.4 is 0 Å². The highest BCUT2D eigenvalue weighted by Gasteiger charge is 2.55. The first-order valence-electron chi connectivity index (χ1n) is 11.9. The van der Waals surface area contributed by atoms with Gasteiger partial charge in [0.15, 0.2) is 30.7 Å². The van der Waals surface area contributed by atoms with Crippen molar-refractivity contribution in [1.29, 1.82) is 0 Å². The smallest absolute Gasteiger partial charge is 0.339 e. The fraction of sp³-hybridized carbons (Fsp3) is 0.462. The topological polar surface area (TPSA) is 161 Å². The Morgan fingerprint density at radius 1 is 0.846 bits per heavy atom. The molecule has 39 heavy (non-hydrogen) atoms. The zero-order valence-electron chi connectivity index (χ0n) is 22.0. The number of esters is 4. The van der Waals surface area contributed by atoms with Crippen molar-refractivity contribution in [2.45, 2.75) is 58.4 Å². The summed E-state index contributed by atoms with van der Waals surface area (Å²) >= 11 is 0. The molecule has 13 nitrogen and oxygen atoms in total. The van der Waals surface area contributed by atoms with Crippen LogP contribution in [0.4, 0.5) is 0 Å². The quantitative estimate of drug-likeness (QED) is 0.186. The van der Waals surface area contributed by atoms with Gasteiger partial charge < -0.3 is 28.4 Å². The average molecular weight is 548 g/mol. The number of rotatable bonds is 9. The van der Waals surface area contributed by atoms with E-state index in [2.05, 4.69) is 0 Å². The van der Waals surface area contributed by atoms with Crippen LogP contribution in [-0.4, -0.2) is 91.6 Å². The number of carbonyl (C=O) groups excluding carboxylic acids is 6. The number of ether oxygens (including phenoxy) is 6. The van der Waals surface area contributed by atoms with Gasteiger partial charge in [-0.15, -0.1) is 0 Å². The number of hydrogen-bond donors (Lipinski definition) is 0. The summed E-state index contributed by atoms with van der Waals surface area (Å²) in [5.74, 6) is -4.21. The predicted octanol–water partition coefficient (Wildman–Crippen LogP) is 0.938. The van der Waals surface area contributed by atoms with E-state index in [1.165, 1.54) is 0 Å². The van der Waals surface area contributed by atoms with E-state index in [1.54, 1.807) is 37.3 Å². The van der Waals surface area contributed by atoms with Gasteiger partial charge in [0.25, 0.3) is 11.8 Å². The standard InChI is InChI=1S/C26H29NO12/c1-13(10-11-27-23(31)17-8-6-7-9-18(17)24(27)32)12-35-26-22(38-16(4)30)20(37-15(3)29)19(36-14(2)28)21(39-26)25(33)34-5/h6-10,19-22,26H,11-12H2,1-5H3/t19-,20-,21-,22+,26+/m0/s1. The largest absolute Gasteiger partial charge is 0.467 e. The maximum atomic E-state index is 12.6. The van der Waals surface area contributed by atoms with E-state index in [1.807, 2.05) is 0 Å². The van der Waals surface area contributed by atoms with Gasteiger partial charge in [-0.05, 0) is 24.6 Å². The van der Waals surface area contributed by atoms with Crippen LogP contribution in [-0.2, 0) is 47.6 Å². The van der Waals surface area contributed by atoms with E-state index in [4.69, 9.17) is 28.4 Å². The average Bonchev–Trinajstić information content (AvgIpc) is 3.12. The Morgan fingerprint density at radius 2 is 1.36 bits per heavy atom. The van der Waals surface area contributed by atoms with E-state index in [-0.39, 0.29) is 13.2 Å². The zero-order valence-corrected chi connectivity index (χ0v) is 22.0. The molecule has 0 saturated carbocycles. The number of amides is 2. The van der Waals surface area contributed by atoms with Crippen molar-refractivity contribution in [3.05, 3.63) is 47.0 Å². The van der Waals surface area contributed by atoms with Crippen molar-refractivity contribution in [3.63, 3.8) is 0 Å². The second kappa shape index (κ2) is 12.6. The lowest BCUT2D eigenvalue weighted by Gasteiger charge is -2.43. The van der Waals surface area contributed by atoms with Crippen molar-refractivity contribution in [2.24, 2.45) is 0 Å². The van der Waals surface area contributed by atoms with Gasteiger partial charge in [0.2, 0.25) is 0 Å². The van der Waals surface area contributed by atoms with Crippen molar-refractivity contribution in [2.75, 3.05) is 20.3 Å². The molecule has 0 radical (unpaired) electrons. The number of imide groups is 1. The summed E-state index contributed by atoms with van der Waals surface area (Å²) in [7, 11) is 1.08. The molecule has 0 unspecified atom stereocenters. The third-order valence-corrected chi connectivity index (χ3v) is 5.81. The molecular weight excluding hydrogens is 518 g/mol. The summed E-state index contributed by atoms with van der Waals surface area (Å²) in [6.07, 6.45) is -5.86. The molecule has 2 amide bonds. The van der Waals surface area contributed by atoms with E-state index < -0.39 is 66.4 Å². The zero-order chi connectivity index (χ0) is 28.9. The molecule has 2 aliphatic heterocycles. The molecular formula is C26H29NO12. The molecule has 1 saturated heterocycles. The molecule has 0 aliphatic carbocycles. The summed E-state index contributed by atoms with van der Waals surface area (Å²) in [6.45, 7) is 4.72. The van der Waals surface area contributed by atoms with Gasteiger partial charge in [-0.2, -0.15) is 0 Å². The lowest BCUT2D eigenvalue weighted by molar-refractivity contribution is -0.299. The molecule has 3 rings (SSSR count). The maximum Gasteiger partial charge on any atom is 0.339 e. The third-order valence-electron chi connectivity index (χ3n) is 5.81. The molecule has 210 valence electrons. The van der Waals surface area contributed by atoms with Gasteiger partial charge in [0, 0.05) is 27.3 Å². The first kappa shape index (κ1) is 29.5. The molecule has 0 N–H and O–H groups in total. The van der Waals surface area contributed by atoms with Crippen LogP contribution in [0.25, 0.3) is 0 Å². The van der Waals surface area contributed by atoms with Gasteiger partial charge in [-0.3, -0.25) is 28.9 Å². The van der Waals surface area contributed by atoms with E-state index >= 15 is 0 Å². The summed E-state index contributed by atoms with van der Waals surface area (Å²) < 4.78 is 32.0. The number of fused-ring (bicyclic) bond motifs is 1. The van der Waals surface area contributed by atoms with Crippen LogP contribution in [0.3, 0.4) is 0 Å². The first-order chi connectivity index (χ1) is 18.4. The number of nitrogens with zero attached hydrogens (tertiary/aromatic N) is 1. The van der Waals surface area contributed by atoms with E-state index in [9.17, 15) is 28.8 Å².